The zero-order valence-corrected chi connectivity index (χ0v) is 5.58. The van der Waals surface area contributed by atoms with Crippen molar-refractivity contribution in [3.05, 3.63) is 0 Å². The van der Waals surface area contributed by atoms with Gasteiger partial charge in [0.15, 0.2) is 0 Å². The van der Waals surface area contributed by atoms with Gasteiger partial charge in [0.05, 0.1) is 13.2 Å². The maximum Gasteiger partial charge on any atom is 0.129 e. The maximum atomic E-state index is 8.57. The largest absolute Gasteiger partial charge is 0.391 e. The molecular weight excluding hydrogens is 118 g/mol. The summed E-state index contributed by atoms with van der Waals surface area (Å²) in [4.78, 5) is 0. The van der Waals surface area contributed by atoms with Gasteiger partial charge in [-0.1, -0.05) is 0 Å². The molecular formula is C6H14NO2+. The monoisotopic (exact) mass is 132 g/mol. The number of rotatable bonds is 4. The van der Waals surface area contributed by atoms with Crippen molar-refractivity contribution in [1.29, 1.82) is 0 Å². The first-order valence-electron chi connectivity index (χ1n) is 3.40. The number of hydrogen-bond acceptors (Lipinski definition) is 2. The molecule has 54 valence electrons. The van der Waals surface area contributed by atoms with Crippen molar-refractivity contribution in [2.45, 2.75) is 0 Å². The van der Waals surface area contributed by atoms with Crippen LogP contribution in [0.1, 0.15) is 0 Å². The van der Waals surface area contributed by atoms with Crippen molar-refractivity contribution >= 4 is 0 Å². The summed E-state index contributed by atoms with van der Waals surface area (Å²) >= 11 is 0. The normalized spacial score (nSPS) is 22.0. The van der Waals surface area contributed by atoms with E-state index in [-0.39, 0.29) is 13.2 Å². The van der Waals surface area contributed by atoms with E-state index in [1.54, 1.807) is 0 Å². The van der Waals surface area contributed by atoms with Gasteiger partial charge in [-0.15, -0.1) is 0 Å². The zero-order valence-electron chi connectivity index (χ0n) is 5.58. The topological polar surface area (TPSA) is 40.5 Å². The average molecular weight is 132 g/mol. The van der Waals surface area contributed by atoms with Crippen LogP contribution in [0.15, 0.2) is 0 Å². The Kier molecular flexibility index (Phi) is 2.05. The highest BCUT2D eigenvalue weighted by Gasteiger charge is 2.40. The summed E-state index contributed by atoms with van der Waals surface area (Å²) in [6.45, 7) is 4.42. The summed E-state index contributed by atoms with van der Waals surface area (Å²) in [5.74, 6) is 0. The van der Waals surface area contributed by atoms with Crippen LogP contribution in [0, 0.1) is 0 Å². The summed E-state index contributed by atoms with van der Waals surface area (Å²) in [5, 5.41) is 17.1. The Morgan fingerprint density at radius 1 is 1.00 bits per heavy atom. The van der Waals surface area contributed by atoms with Gasteiger partial charge in [-0.3, -0.25) is 0 Å². The van der Waals surface area contributed by atoms with E-state index in [4.69, 9.17) is 10.2 Å². The number of hydrogen-bond donors (Lipinski definition) is 2. The van der Waals surface area contributed by atoms with Gasteiger partial charge >= 0.3 is 0 Å². The van der Waals surface area contributed by atoms with Crippen LogP contribution in [0.3, 0.4) is 0 Å². The van der Waals surface area contributed by atoms with Crippen LogP contribution in [-0.4, -0.2) is 54.1 Å². The fourth-order valence-corrected chi connectivity index (χ4v) is 1.12. The fraction of sp³-hybridized carbons (Fsp3) is 1.00. The van der Waals surface area contributed by atoms with Crippen molar-refractivity contribution in [3.63, 3.8) is 0 Å². The van der Waals surface area contributed by atoms with Crippen molar-refractivity contribution in [2.75, 3.05) is 39.4 Å². The summed E-state index contributed by atoms with van der Waals surface area (Å²) in [6.07, 6.45) is 0. The molecule has 0 bridgehead atoms. The van der Waals surface area contributed by atoms with Crippen LogP contribution in [0.5, 0.6) is 0 Å². The van der Waals surface area contributed by atoms with Gasteiger partial charge in [0.1, 0.15) is 26.2 Å². The molecule has 1 aliphatic heterocycles. The van der Waals surface area contributed by atoms with Gasteiger partial charge in [0.25, 0.3) is 0 Å². The molecule has 1 aliphatic rings. The molecule has 0 atom stereocenters. The minimum atomic E-state index is 0.250. The molecule has 2 N–H and O–H groups in total. The van der Waals surface area contributed by atoms with Gasteiger partial charge in [0.2, 0.25) is 0 Å². The smallest absolute Gasteiger partial charge is 0.129 e. The van der Waals surface area contributed by atoms with E-state index in [2.05, 4.69) is 0 Å². The minimum Gasteiger partial charge on any atom is -0.391 e. The van der Waals surface area contributed by atoms with Crippen LogP contribution in [0.4, 0.5) is 0 Å². The highest BCUT2D eigenvalue weighted by atomic mass is 16.3. The van der Waals surface area contributed by atoms with Crippen molar-refractivity contribution < 1.29 is 14.7 Å². The van der Waals surface area contributed by atoms with E-state index in [9.17, 15) is 0 Å². The molecule has 1 heterocycles. The Balaban J connectivity index is 2.17. The summed E-state index contributed by atoms with van der Waals surface area (Å²) < 4.78 is 0.938. The van der Waals surface area contributed by atoms with E-state index in [1.165, 1.54) is 0 Å². The van der Waals surface area contributed by atoms with Gasteiger partial charge in [-0.2, -0.15) is 0 Å². The molecule has 9 heavy (non-hydrogen) atoms. The van der Waals surface area contributed by atoms with Crippen molar-refractivity contribution in [2.24, 2.45) is 0 Å². The quantitative estimate of drug-likeness (QED) is 0.372. The Hall–Kier alpha value is -0.120. The molecule has 0 saturated carbocycles. The molecule has 1 saturated heterocycles. The van der Waals surface area contributed by atoms with Gasteiger partial charge < -0.3 is 14.7 Å². The molecule has 0 aromatic heterocycles. The fourth-order valence-electron chi connectivity index (χ4n) is 1.12. The Morgan fingerprint density at radius 2 is 1.44 bits per heavy atom. The van der Waals surface area contributed by atoms with Gasteiger partial charge in [0, 0.05) is 0 Å². The SMILES string of the molecule is OCC[N+]1(CCO)CC1. The minimum absolute atomic E-state index is 0.250. The van der Waals surface area contributed by atoms with Crippen molar-refractivity contribution in [1.82, 2.24) is 0 Å². The van der Waals surface area contributed by atoms with E-state index in [0.717, 1.165) is 30.7 Å². The second kappa shape index (κ2) is 2.64. The molecule has 0 amide bonds. The number of nitrogens with zero attached hydrogens (tertiary/aromatic N) is 1. The van der Waals surface area contributed by atoms with Crippen LogP contribution in [0.25, 0.3) is 0 Å². The predicted octanol–water partition coefficient (Wildman–Crippen LogP) is -1.20. The first kappa shape index (κ1) is 6.99. The summed E-state index contributed by atoms with van der Waals surface area (Å²) in [5.41, 5.74) is 0. The molecule has 0 aromatic carbocycles. The van der Waals surface area contributed by atoms with Gasteiger partial charge in [-0.25, -0.2) is 0 Å². The maximum absolute atomic E-state index is 8.57. The van der Waals surface area contributed by atoms with E-state index < -0.39 is 0 Å². The van der Waals surface area contributed by atoms with E-state index in [0.29, 0.717) is 0 Å². The Labute approximate surface area is 55.1 Å². The summed E-state index contributed by atoms with van der Waals surface area (Å²) in [6, 6.07) is 0. The molecule has 0 aromatic rings. The van der Waals surface area contributed by atoms with E-state index >= 15 is 0 Å². The number of aliphatic hydroxyl groups is 2. The molecule has 0 unspecified atom stereocenters. The van der Waals surface area contributed by atoms with Crippen LogP contribution < -0.4 is 0 Å². The number of quaternary nitrogens is 1. The third-order valence-corrected chi connectivity index (χ3v) is 2.00. The molecule has 3 nitrogen and oxygen atoms in total. The highest BCUT2D eigenvalue weighted by Crippen LogP contribution is 2.18. The van der Waals surface area contributed by atoms with E-state index in [1.807, 2.05) is 0 Å². The zero-order chi connectivity index (χ0) is 6.74. The lowest BCUT2D eigenvalue weighted by Gasteiger charge is -2.14. The lowest BCUT2D eigenvalue weighted by Crippen LogP contribution is -2.32. The van der Waals surface area contributed by atoms with Crippen molar-refractivity contribution in [3.8, 4) is 0 Å². The first-order chi connectivity index (χ1) is 4.33. The van der Waals surface area contributed by atoms with Gasteiger partial charge in [-0.05, 0) is 0 Å². The third kappa shape index (κ3) is 1.64. The Bertz CT molecular complexity index is 83.1. The summed E-state index contributed by atoms with van der Waals surface area (Å²) in [7, 11) is 0. The lowest BCUT2D eigenvalue weighted by molar-refractivity contribution is -0.800. The molecule has 0 radical (unpaired) electrons. The predicted molar refractivity (Wildman–Crippen MR) is 33.9 cm³/mol. The lowest BCUT2D eigenvalue weighted by atomic mass is 10.5. The molecule has 3 heteroatoms. The second-order valence-electron chi connectivity index (χ2n) is 2.68. The number of aliphatic hydroxyl groups excluding tert-OH is 2. The first-order valence-corrected chi connectivity index (χ1v) is 3.40. The Morgan fingerprint density at radius 3 is 1.67 bits per heavy atom. The molecule has 0 spiro atoms. The van der Waals surface area contributed by atoms with Crippen LogP contribution >= 0.6 is 0 Å². The third-order valence-electron chi connectivity index (χ3n) is 2.00. The second-order valence-corrected chi connectivity index (χ2v) is 2.68. The van der Waals surface area contributed by atoms with Crippen LogP contribution in [0.2, 0.25) is 0 Å². The standard InChI is InChI=1S/C6H14NO2/c8-5-3-7(1-2-7)4-6-9/h8-9H,1-6H2/q+1. The molecule has 1 fully saturated rings. The molecule has 1 rings (SSSR count). The average Bonchev–Trinajstić information content (AvgIpc) is 2.51. The molecule has 0 aliphatic carbocycles. The van der Waals surface area contributed by atoms with Crippen LogP contribution in [-0.2, 0) is 0 Å². The highest BCUT2D eigenvalue weighted by molar-refractivity contribution is 4.55.